The Morgan fingerprint density at radius 3 is 2.40 bits per heavy atom. The van der Waals surface area contributed by atoms with Crippen molar-refractivity contribution in [1.82, 2.24) is 4.72 Å². The van der Waals surface area contributed by atoms with Crippen molar-refractivity contribution < 1.29 is 13.2 Å². The molecule has 0 heterocycles. The van der Waals surface area contributed by atoms with Gasteiger partial charge in [0.2, 0.25) is 10.0 Å². The second kappa shape index (κ2) is 4.63. The van der Waals surface area contributed by atoms with Gasteiger partial charge < -0.3 is 4.74 Å². The zero-order valence-corrected chi connectivity index (χ0v) is 9.84. The molecule has 15 heavy (non-hydrogen) atoms. The predicted octanol–water partition coefficient (Wildman–Crippen LogP) is 1.38. The van der Waals surface area contributed by atoms with E-state index in [-0.39, 0.29) is 11.0 Å². The number of rotatable bonds is 4. The molecule has 1 rings (SSSR count). The highest BCUT2D eigenvalue weighted by atomic mass is 32.2. The first-order valence-corrected chi connectivity index (χ1v) is 6.15. The fourth-order valence-electron chi connectivity index (χ4n) is 1.13. The third-order valence-corrected chi connectivity index (χ3v) is 3.22. The second-order valence-corrected chi connectivity index (χ2v) is 5.18. The van der Waals surface area contributed by atoms with Gasteiger partial charge in [0.15, 0.2) is 0 Å². The molecule has 0 atom stereocenters. The largest absolute Gasteiger partial charge is 0.490 e. The number of nitrogens with one attached hydrogen (secondary N) is 1. The summed E-state index contributed by atoms with van der Waals surface area (Å²) in [7, 11) is -2.07. The van der Waals surface area contributed by atoms with Crippen molar-refractivity contribution in [2.24, 2.45) is 0 Å². The number of hydrogen-bond donors (Lipinski definition) is 1. The van der Waals surface area contributed by atoms with E-state index < -0.39 is 10.0 Å². The van der Waals surface area contributed by atoms with Gasteiger partial charge in [0, 0.05) is 0 Å². The molecule has 1 N–H and O–H groups in total. The lowest BCUT2D eigenvalue weighted by molar-refractivity contribution is 0.236. The third-order valence-electron chi connectivity index (χ3n) is 1.77. The second-order valence-electron chi connectivity index (χ2n) is 3.32. The van der Waals surface area contributed by atoms with Crippen molar-refractivity contribution in [3.05, 3.63) is 24.3 Å². The van der Waals surface area contributed by atoms with Crippen LogP contribution in [0, 0.1) is 0 Å². The molecule has 0 radical (unpaired) electrons. The highest BCUT2D eigenvalue weighted by Crippen LogP contribution is 2.23. The molecule has 0 saturated heterocycles. The van der Waals surface area contributed by atoms with Crippen LogP contribution in [0.2, 0.25) is 0 Å². The van der Waals surface area contributed by atoms with E-state index in [0.29, 0.717) is 5.75 Å². The average Bonchev–Trinajstić information content (AvgIpc) is 2.17. The Balaban J connectivity index is 3.18. The van der Waals surface area contributed by atoms with E-state index in [9.17, 15) is 8.42 Å². The Kier molecular flexibility index (Phi) is 3.71. The molecule has 0 aliphatic heterocycles. The Labute approximate surface area is 90.3 Å². The van der Waals surface area contributed by atoms with Crippen LogP contribution in [0.4, 0.5) is 0 Å². The van der Waals surface area contributed by atoms with E-state index in [2.05, 4.69) is 4.72 Å². The first kappa shape index (κ1) is 12.0. The van der Waals surface area contributed by atoms with Gasteiger partial charge in [-0.3, -0.25) is 0 Å². The SMILES string of the molecule is CNS(=O)(=O)c1ccccc1OC(C)C. The fraction of sp³-hybridized carbons (Fsp3) is 0.400. The smallest absolute Gasteiger partial charge is 0.243 e. The quantitative estimate of drug-likeness (QED) is 0.848. The molecule has 1 aromatic rings. The first-order valence-electron chi connectivity index (χ1n) is 4.66. The fourth-order valence-corrected chi connectivity index (χ4v) is 1.99. The summed E-state index contributed by atoms with van der Waals surface area (Å²) >= 11 is 0. The monoisotopic (exact) mass is 229 g/mol. The van der Waals surface area contributed by atoms with Crippen LogP contribution in [0.15, 0.2) is 29.2 Å². The van der Waals surface area contributed by atoms with E-state index in [0.717, 1.165) is 0 Å². The molecule has 0 saturated carbocycles. The van der Waals surface area contributed by atoms with Gasteiger partial charge in [0.25, 0.3) is 0 Å². The van der Waals surface area contributed by atoms with Crippen LogP contribution in [-0.2, 0) is 10.0 Å². The lowest BCUT2D eigenvalue weighted by Crippen LogP contribution is -2.20. The van der Waals surface area contributed by atoms with Crippen LogP contribution >= 0.6 is 0 Å². The molecule has 84 valence electrons. The van der Waals surface area contributed by atoms with Crippen LogP contribution in [0.3, 0.4) is 0 Å². The highest BCUT2D eigenvalue weighted by Gasteiger charge is 2.17. The Morgan fingerprint density at radius 2 is 1.87 bits per heavy atom. The van der Waals surface area contributed by atoms with E-state index in [1.165, 1.54) is 13.1 Å². The summed E-state index contributed by atoms with van der Waals surface area (Å²) in [5, 5.41) is 0. The lowest BCUT2D eigenvalue weighted by Gasteiger charge is -2.13. The zero-order chi connectivity index (χ0) is 11.5. The third kappa shape index (κ3) is 2.94. The summed E-state index contributed by atoms with van der Waals surface area (Å²) in [4.78, 5) is 0.168. The van der Waals surface area contributed by atoms with E-state index in [4.69, 9.17) is 4.74 Å². The minimum absolute atomic E-state index is 0.0572. The summed E-state index contributed by atoms with van der Waals surface area (Å²) in [6.45, 7) is 3.70. The predicted molar refractivity (Wildman–Crippen MR) is 58.5 cm³/mol. The van der Waals surface area contributed by atoms with Gasteiger partial charge in [-0.1, -0.05) is 12.1 Å². The number of ether oxygens (including phenoxy) is 1. The standard InChI is InChI=1S/C10H15NO3S/c1-8(2)14-9-6-4-5-7-10(9)15(12,13)11-3/h4-8,11H,1-3H3. The van der Waals surface area contributed by atoms with Crippen molar-refractivity contribution in [3.63, 3.8) is 0 Å². The maximum absolute atomic E-state index is 11.6. The minimum Gasteiger partial charge on any atom is -0.490 e. The van der Waals surface area contributed by atoms with Crippen molar-refractivity contribution in [2.75, 3.05) is 7.05 Å². The number of benzene rings is 1. The van der Waals surface area contributed by atoms with Crippen molar-refractivity contribution >= 4 is 10.0 Å². The van der Waals surface area contributed by atoms with Crippen molar-refractivity contribution in [1.29, 1.82) is 0 Å². The summed E-state index contributed by atoms with van der Waals surface area (Å²) in [5.41, 5.74) is 0. The highest BCUT2D eigenvalue weighted by molar-refractivity contribution is 7.89. The maximum Gasteiger partial charge on any atom is 0.243 e. The Hall–Kier alpha value is -1.07. The molecule has 0 aliphatic rings. The van der Waals surface area contributed by atoms with Crippen LogP contribution < -0.4 is 9.46 Å². The van der Waals surface area contributed by atoms with Gasteiger partial charge in [0.05, 0.1) is 6.10 Å². The van der Waals surface area contributed by atoms with Gasteiger partial charge in [-0.25, -0.2) is 13.1 Å². The summed E-state index contributed by atoms with van der Waals surface area (Å²) in [6, 6.07) is 6.57. The lowest BCUT2D eigenvalue weighted by atomic mass is 10.3. The van der Waals surface area contributed by atoms with E-state index in [1.54, 1.807) is 18.2 Å². The molecule has 0 unspecified atom stereocenters. The van der Waals surface area contributed by atoms with Crippen LogP contribution in [0.5, 0.6) is 5.75 Å². The molecule has 0 bridgehead atoms. The number of sulfonamides is 1. The van der Waals surface area contributed by atoms with E-state index in [1.807, 2.05) is 13.8 Å². The Morgan fingerprint density at radius 1 is 1.27 bits per heavy atom. The summed E-state index contributed by atoms with van der Waals surface area (Å²) in [6.07, 6.45) is -0.0572. The van der Waals surface area contributed by atoms with Crippen molar-refractivity contribution in [3.8, 4) is 5.75 Å². The topological polar surface area (TPSA) is 55.4 Å². The van der Waals surface area contributed by atoms with Crippen LogP contribution in [0.1, 0.15) is 13.8 Å². The molecule has 0 spiro atoms. The molecule has 0 amide bonds. The van der Waals surface area contributed by atoms with Gasteiger partial charge in [-0.15, -0.1) is 0 Å². The molecule has 1 aromatic carbocycles. The van der Waals surface area contributed by atoms with Crippen molar-refractivity contribution in [2.45, 2.75) is 24.8 Å². The molecular formula is C10H15NO3S. The normalized spacial score (nSPS) is 11.7. The first-order chi connectivity index (χ1) is 6.97. The molecule has 4 nitrogen and oxygen atoms in total. The summed E-state index contributed by atoms with van der Waals surface area (Å²) < 4.78 is 30.9. The Bertz CT molecular complexity index is 426. The van der Waals surface area contributed by atoms with Gasteiger partial charge in [-0.05, 0) is 33.0 Å². The van der Waals surface area contributed by atoms with Gasteiger partial charge in [-0.2, -0.15) is 0 Å². The summed E-state index contributed by atoms with van der Waals surface area (Å²) in [5.74, 6) is 0.377. The number of para-hydroxylation sites is 1. The number of hydrogen-bond acceptors (Lipinski definition) is 3. The minimum atomic E-state index is -3.45. The molecule has 0 aliphatic carbocycles. The average molecular weight is 229 g/mol. The zero-order valence-electron chi connectivity index (χ0n) is 9.02. The van der Waals surface area contributed by atoms with Gasteiger partial charge >= 0.3 is 0 Å². The molecule has 0 aromatic heterocycles. The molecule has 0 fully saturated rings. The maximum atomic E-state index is 11.6. The van der Waals surface area contributed by atoms with Gasteiger partial charge in [0.1, 0.15) is 10.6 Å². The molecular weight excluding hydrogens is 214 g/mol. The molecule has 5 heteroatoms. The van der Waals surface area contributed by atoms with Crippen LogP contribution in [-0.4, -0.2) is 21.6 Å². The van der Waals surface area contributed by atoms with Crippen LogP contribution in [0.25, 0.3) is 0 Å². The van der Waals surface area contributed by atoms with E-state index >= 15 is 0 Å².